The third-order valence-corrected chi connectivity index (χ3v) is 3.61. The van der Waals surface area contributed by atoms with Gasteiger partial charge >= 0.3 is 5.97 Å². The van der Waals surface area contributed by atoms with Crippen molar-refractivity contribution in [2.45, 2.75) is 32.1 Å². The van der Waals surface area contributed by atoms with Gasteiger partial charge in [0.25, 0.3) is 0 Å². The molecule has 0 aliphatic heterocycles. The van der Waals surface area contributed by atoms with Crippen LogP contribution < -0.4 is 4.74 Å². The van der Waals surface area contributed by atoms with E-state index < -0.39 is 5.97 Å². The van der Waals surface area contributed by atoms with Crippen molar-refractivity contribution in [3.8, 4) is 5.75 Å². The summed E-state index contributed by atoms with van der Waals surface area (Å²) in [6.45, 7) is 0. The van der Waals surface area contributed by atoms with Gasteiger partial charge in [0.1, 0.15) is 5.75 Å². The number of carboxylic acid groups (broad SMARTS) is 1. The number of carbonyl (C=O) groups is 1. The molecule has 3 nitrogen and oxygen atoms in total. The second kappa shape index (κ2) is 4.96. The quantitative estimate of drug-likeness (QED) is 0.824. The molecule has 2 rings (SSSR count). The van der Waals surface area contributed by atoms with Crippen LogP contribution in [0.5, 0.6) is 5.75 Å². The maximum atomic E-state index is 11.3. The molecule has 0 amide bonds. The fraction of sp³-hybridized carbons (Fsp3) is 0.462. The predicted octanol–water partition coefficient (Wildman–Crippen LogP) is 3.32. The molecule has 0 aromatic heterocycles. The second-order valence-electron chi connectivity index (χ2n) is 4.27. The molecule has 0 spiro atoms. The highest BCUT2D eigenvalue weighted by Gasteiger charge is 2.23. The van der Waals surface area contributed by atoms with E-state index in [9.17, 15) is 9.90 Å². The molecule has 1 aliphatic carbocycles. The Morgan fingerprint density at radius 1 is 1.35 bits per heavy atom. The Hall–Kier alpha value is -1.22. The zero-order chi connectivity index (χ0) is 12.4. The topological polar surface area (TPSA) is 46.5 Å². The molecule has 92 valence electrons. The lowest BCUT2D eigenvalue weighted by Gasteiger charge is -2.14. The summed E-state index contributed by atoms with van der Waals surface area (Å²) >= 11 is 6.09. The lowest BCUT2D eigenvalue weighted by Crippen LogP contribution is -2.07. The maximum absolute atomic E-state index is 11.3. The smallest absolute Gasteiger partial charge is 0.337 e. The van der Waals surface area contributed by atoms with E-state index in [1.807, 2.05) is 6.07 Å². The van der Waals surface area contributed by atoms with Crippen LogP contribution in [-0.4, -0.2) is 18.2 Å². The Morgan fingerprint density at radius 2 is 2.06 bits per heavy atom. The summed E-state index contributed by atoms with van der Waals surface area (Å²) in [5.41, 5.74) is 2.19. The van der Waals surface area contributed by atoms with E-state index in [0.29, 0.717) is 5.75 Å². The molecular formula is C13H15ClO3. The molecule has 1 aromatic carbocycles. The van der Waals surface area contributed by atoms with Gasteiger partial charge in [0, 0.05) is 0 Å². The van der Waals surface area contributed by atoms with E-state index in [-0.39, 0.29) is 10.6 Å². The third kappa shape index (κ3) is 2.25. The van der Waals surface area contributed by atoms with Crippen LogP contribution in [0, 0.1) is 0 Å². The number of benzene rings is 1. The summed E-state index contributed by atoms with van der Waals surface area (Å²) in [5, 5.41) is 9.52. The Kier molecular flexibility index (Phi) is 3.57. The number of aromatic carboxylic acids is 1. The van der Waals surface area contributed by atoms with Crippen molar-refractivity contribution in [3.05, 3.63) is 27.8 Å². The number of fused-ring (bicyclic) bond motifs is 1. The van der Waals surface area contributed by atoms with E-state index in [1.54, 1.807) is 0 Å². The van der Waals surface area contributed by atoms with Gasteiger partial charge in [0.2, 0.25) is 0 Å². The molecule has 0 radical (unpaired) electrons. The maximum Gasteiger partial charge on any atom is 0.337 e. The van der Waals surface area contributed by atoms with Crippen LogP contribution in [0.25, 0.3) is 0 Å². The summed E-state index contributed by atoms with van der Waals surface area (Å²) in [4.78, 5) is 11.3. The molecule has 4 heteroatoms. The van der Waals surface area contributed by atoms with Crippen LogP contribution in [0.4, 0.5) is 0 Å². The average molecular weight is 255 g/mol. The van der Waals surface area contributed by atoms with Crippen LogP contribution in [-0.2, 0) is 12.8 Å². The number of halogens is 1. The minimum Gasteiger partial charge on any atom is -0.495 e. The van der Waals surface area contributed by atoms with Gasteiger partial charge in [-0.2, -0.15) is 0 Å². The highest BCUT2D eigenvalue weighted by Crippen LogP contribution is 2.36. The normalized spacial score (nSPS) is 14.9. The Balaban J connectivity index is 2.64. The molecular weight excluding hydrogens is 240 g/mol. The van der Waals surface area contributed by atoms with Gasteiger partial charge < -0.3 is 9.84 Å². The molecule has 17 heavy (non-hydrogen) atoms. The van der Waals surface area contributed by atoms with E-state index in [0.717, 1.165) is 43.2 Å². The number of rotatable bonds is 2. The molecule has 1 aromatic rings. The predicted molar refractivity (Wildman–Crippen MR) is 66.2 cm³/mol. The number of ether oxygens (including phenoxy) is 1. The minimum absolute atomic E-state index is 0.223. The Labute approximate surface area is 105 Å². The fourth-order valence-electron chi connectivity index (χ4n) is 2.40. The highest BCUT2D eigenvalue weighted by atomic mass is 35.5. The Bertz CT molecular complexity index is 454. The van der Waals surface area contributed by atoms with Gasteiger partial charge in [0.05, 0.1) is 17.7 Å². The minimum atomic E-state index is -0.966. The molecule has 0 saturated heterocycles. The van der Waals surface area contributed by atoms with Crippen LogP contribution in [0.15, 0.2) is 6.07 Å². The van der Waals surface area contributed by atoms with Crippen LogP contribution in [0.2, 0.25) is 5.02 Å². The zero-order valence-electron chi connectivity index (χ0n) is 9.75. The first-order chi connectivity index (χ1) is 8.15. The number of hydrogen-bond donors (Lipinski definition) is 1. The number of carboxylic acids is 1. The zero-order valence-corrected chi connectivity index (χ0v) is 10.5. The van der Waals surface area contributed by atoms with Gasteiger partial charge in [-0.05, 0) is 42.9 Å². The Morgan fingerprint density at radius 3 is 2.71 bits per heavy atom. The molecule has 1 N–H and O–H groups in total. The van der Waals surface area contributed by atoms with Crippen molar-refractivity contribution in [2.75, 3.05) is 7.11 Å². The first kappa shape index (κ1) is 12.2. The van der Waals surface area contributed by atoms with Gasteiger partial charge in [-0.25, -0.2) is 4.79 Å². The van der Waals surface area contributed by atoms with E-state index in [4.69, 9.17) is 16.3 Å². The molecule has 0 unspecified atom stereocenters. The summed E-state index contributed by atoms with van der Waals surface area (Å²) in [6, 6.07) is 1.88. The fourth-order valence-corrected chi connectivity index (χ4v) is 2.73. The van der Waals surface area contributed by atoms with E-state index in [2.05, 4.69) is 0 Å². The van der Waals surface area contributed by atoms with Crippen molar-refractivity contribution in [1.29, 1.82) is 0 Å². The monoisotopic (exact) mass is 254 g/mol. The third-order valence-electron chi connectivity index (χ3n) is 3.24. The number of hydrogen-bond acceptors (Lipinski definition) is 2. The van der Waals surface area contributed by atoms with Crippen molar-refractivity contribution in [3.63, 3.8) is 0 Å². The average Bonchev–Trinajstić information content (AvgIpc) is 2.52. The summed E-state index contributed by atoms with van der Waals surface area (Å²) < 4.78 is 5.15. The van der Waals surface area contributed by atoms with Crippen molar-refractivity contribution >= 4 is 17.6 Å². The molecule has 0 atom stereocenters. The lowest BCUT2D eigenvalue weighted by atomic mass is 9.96. The standard InChI is InChI=1S/C13H15ClO3/c1-17-10-7-8-5-3-2-4-6-9(8)11(12(10)14)13(15)16/h7H,2-6H2,1H3,(H,15,16). The SMILES string of the molecule is COc1cc2c(c(C(=O)O)c1Cl)CCCCC2. The van der Waals surface area contributed by atoms with Gasteiger partial charge in [-0.1, -0.05) is 18.0 Å². The molecule has 0 bridgehead atoms. The van der Waals surface area contributed by atoms with Crippen LogP contribution >= 0.6 is 11.6 Å². The second-order valence-corrected chi connectivity index (χ2v) is 4.65. The van der Waals surface area contributed by atoms with E-state index >= 15 is 0 Å². The molecule has 0 heterocycles. The highest BCUT2D eigenvalue weighted by molar-refractivity contribution is 6.35. The van der Waals surface area contributed by atoms with Gasteiger partial charge in [-0.3, -0.25) is 0 Å². The lowest BCUT2D eigenvalue weighted by molar-refractivity contribution is 0.0695. The number of aryl methyl sites for hydroxylation is 1. The summed E-state index contributed by atoms with van der Waals surface area (Å²) in [7, 11) is 1.51. The van der Waals surface area contributed by atoms with Crippen LogP contribution in [0.1, 0.15) is 40.7 Å². The summed E-state index contributed by atoms with van der Waals surface area (Å²) in [6.07, 6.45) is 4.95. The van der Waals surface area contributed by atoms with Crippen molar-refractivity contribution in [2.24, 2.45) is 0 Å². The van der Waals surface area contributed by atoms with Gasteiger partial charge in [-0.15, -0.1) is 0 Å². The van der Waals surface area contributed by atoms with Crippen molar-refractivity contribution in [1.82, 2.24) is 0 Å². The summed E-state index contributed by atoms with van der Waals surface area (Å²) in [5.74, 6) is -0.503. The van der Waals surface area contributed by atoms with Gasteiger partial charge in [0.15, 0.2) is 0 Å². The van der Waals surface area contributed by atoms with Crippen molar-refractivity contribution < 1.29 is 14.6 Å². The van der Waals surface area contributed by atoms with E-state index in [1.165, 1.54) is 7.11 Å². The van der Waals surface area contributed by atoms with Crippen LogP contribution in [0.3, 0.4) is 0 Å². The number of methoxy groups -OCH3 is 1. The first-order valence-electron chi connectivity index (χ1n) is 5.76. The molecule has 0 saturated carbocycles. The first-order valence-corrected chi connectivity index (χ1v) is 6.14. The molecule has 0 fully saturated rings. The molecule has 1 aliphatic rings. The largest absolute Gasteiger partial charge is 0.495 e.